The lowest BCUT2D eigenvalue weighted by Crippen LogP contribution is -2.47. The van der Waals surface area contributed by atoms with Crippen LogP contribution in [0.25, 0.3) is 0 Å². The van der Waals surface area contributed by atoms with Gasteiger partial charge in [0.25, 0.3) is 0 Å². The van der Waals surface area contributed by atoms with E-state index >= 15 is 0 Å². The fourth-order valence-electron chi connectivity index (χ4n) is 2.53. The van der Waals surface area contributed by atoms with E-state index in [1.165, 1.54) is 0 Å². The van der Waals surface area contributed by atoms with Crippen LogP contribution in [-0.4, -0.2) is 30.8 Å². The molecule has 1 aromatic carbocycles. The normalized spacial score (nSPS) is 25.9. The van der Waals surface area contributed by atoms with Crippen molar-refractivity contribution >= 4 is 11.8 Å². The van der Waals surface area contributed by atoms with Gasteiger partial charge in [0.2, 0.25) is 0 Å². The maximum Gasteiger partial charge on any atom is 0.125 e. The van der Waals surface area contributed by atoms with Crippen molar-refractivity contribution in [2.24, 2.45) is 5.41 Å². The number of benzene rings is 1. The van der Waals surface area contributed by atoms with E-state index in [4.69, 9.17) is 9.47 Å². The molecule has 0 radical (unpaired) electrons. The van der Waals surface area contributed by atoms with Crippen LogP contribution in [0.15, 0.2) is 18.2 Å². The highest BCUT2D eigenvalue weighted by atomic mass is 32.2. The molecule has 0 amide bonds. The molecule has 1 aromatic rings. The van der Waals surface area contributed by atoms with Gasteiger partial charge in [-0.25, -0.2) is 0 Å². The Kier molecular flexibility index (Phi) is 4.02. The second-order valence-corrected chi connectivity index (χ2v) is 6.72. The molecule has 3 nitrogen and oxygen atoms in total. The highest BCUT2D eigenvalue weighted by molar-refractivity contribution is 7.99. The van der Waals surface area contributed by atoms with Crippen LogP contribution in [0.3, 0.4) is 0 Å². The standard InChI is InChI=1S/C15H22O3S/c1-14(2)7-8-19-10-15(14,16)12-9-11(17-3)5-6-13(12)18-4/h5-6,9,16H,7-8,10H2,1-4H3. The Labute approximate surface area is 119 Å². The first-order valence-electron chi connectivity index (χ1n) is 6.47. The molecule has 1 heterocycles. The maximum absolute atomic E-state index is 11.2. The van der Waals surface area contributed by atoms with Crippen molar-refractivity contribution in [1.29, 1.82) is 0 Å². The zero-order valence-electron chi connectivity index (χ0n) is 12.0. The van der Waals surface area contributed by atoms with E-state index in [0.29, 0.717) is 5.75 Å². The van der Waals surface area contributed by atoms with Crippen molar-refractivity contribution in [2.75, 3.05) is 25.7 Å². The van der Waals surface area contributed by atoms with Crippen LogP contribution in [0, 0.1) is 5.41 Å². The summed E-state index contributed by atoms with van der Waals surface area (Å²) in [6, 6.07) is 5.61. The van der Waals surface area contributed by atoms with E-state index in [1.807, 2.05) is 18.2 Å². The molecule has 2 rings (SSSR count). The van der Waals surface area contributed by atoms with E-state index < -0.39 is 5.60 Å². The Morgan fingerprint density at radius 3 is 2.53 bits per heavy atom. The molecule has 1 N–H and O–H groups in total. The predicted molar refractivity (Wildman–Crippen MR) is 79.2 cm³/mol. The van der Waals surface area contributed by atoms with Crippen molar-refractivity contribution < 1.29 is 14.6 Å². The Hall–Kier alpha value is -0.870. The van der Waals surface area contributed by atoms with Gasteiger partial charge in [-0.2, -0.15) is 11.8 Å². The molecule has 19 heavy (non-hydrogen) atoms. The Morgan fingerprint density at radius 1 is 1.21 bits per heavy atom. The quantitative estimate of drug-likeness (QED) is 0.925. The summed E-state index contributed by atoms with van der Waals surface area (Å²) in [5.74, 6) is 3.24. The van der Waals surface area contributed by atoms with E-state index in [1.54, 1.807) is 26.0 Å². The summed E-state index contributed by atoms with van der Waals surface area (Å²) in [4.78, 5) is 0. The molecule has 0 aliphatic carbocycles. The predicted octanol–water partition coefficient (Wildman–Crippen LogP) is 3.05. The zero-order valence-corrected chi connectivity index (χ0v) is 12.8. The smallest absolute Gasteiger partial charge is 0.125 e. The highest BCUT2D eigenvalue weighted by Gasteiger charge is 2.48. The Bertz CT molecular complexity index is 459. The number of rotatable bonds is 3. The summed E-state index contributed by atoms with van der Waals surface area (Å²) < 4.78 is 10.7. The van der Waals surface area contributed by atoms with Crippen LogP contribution in [0.2, 0.25) is 0 Å². The molecule has 1 aliphatic rings. The number of methoxy groups -OCH3 is 2. The minimum absolute atomic E-state index is 0.183. The fourth-order valence-corrected chi connectivity index (χ4v) is 4.17. The SMILES string of the molecule is COc1ccc(OC)c(C2(O)CSCCC2(C)C)c1. The van der Waals surface area contributed by atoms with E-state index in [9.17, 15) is 5.11 Å². The molecule has 0 saturated carbocycles. The van der Waals surface area contributed by atoms with Crippen molar-refractivity contribution in [3.8, 4) is 11.5 Å². The fraction of sp³-hybridized carbons (Fsp3) is 0.600. The number of hydrogen-bond acceptors (Lipinski definition) is 4. The third kappa shape index (κ3) is 2.43. The third-order valence-corrected chi connectivity index (χ3v) is 5.27. The molecule has 1 saturated heterocycles. The number of aliphatic hydroxyl groups is 1. The van der Waals surface area contributed by atoms with Gasteiger partial charge in [0.15, 0.2) is 0 Å². The molecule has 1 aliphatic heterocycles. The van der Waals surface area contributed by atoms with Crippen molar-refractivity contribution in [3.63, 3.8) is 0 Å². The van der Waals surface area contributed by atoms with Crippen LogP contribution in [0.5, 0.6) is 11.5 Å². The molecule has 1 atom stereocenters. The third-order valence-electron chi connectivity index (χ3n) is 4.15. The van der Waals surface area contributed by atoms with Gasteiger partial charge in [-0.1, -0.05) is 13.8 Å². The van der Waals surface area contributed by atoms with Crippen molar-refractivity contribution in [1.82, 2.24) is 0 Å². The summed E-state index contributed by atoms with van der Waals surface area (Å²) in [7, 11) is 3.27. The molecular formula is C15H22O3S. The molecule has 4 heteroatoms. The van der Waals surface area contributed by atoms with Crippen molar-refractivity contribution in [2.45, 2.75) is 25.9 Å². The molecule has 0 bridgehead atoms. The first kappa shape index (κ1) is 14.5. The summed E-state index contributed by atoms with van der Waals surface area (Å²) in [5.41, 5.74) is -0.250. The second-order valence-electron chi connectivity index (χ2n) is 5.61. The lowest BCUT2D eigenvalue weighted by atomic mass is 9.69. The average molecular weight is 282 g/mol. The number of ether oxygens (including phenoxy) is 2. The van der Waals surface area contributed by atoms with E-state index in [-0.39, 0.29) is 5.41 Å². The van der Waals surface area contributed by atoms with Gasteiger partial charge in [-0.15, -0.1) is 0 Å². The van der Waals surface area contributed by atoms with Crippen LogP contribution < -0.4 is 9.47 Å². The lowest BCUT2D eigenvalue weighted by Gasteiger charge is -2.46. The average Bonchev–Trinajstić information content (AvgIpc) is 2.41. The maximum atomic E-state index is 11.2. The molecular weight excluding hydrogens is 260 g/mol. The lowest BCUT2D eigenvalue weighted by molar-refractivity contribution is -0.0594. The van der Waals surface area contributed by atoms with Crippen molar-refractivity contribution in [3.05, 3.63) is 23.8 Å². The number of hydrogen-bond donors (Lipinski definition) is 1. The zero-order chi connectivity index (χ0) is 14.1. The van der Waals surface area contributed by atoms with Crippen LogP contribution in [0.1, 0.15) is 25.8 Å². The minimum Gasteiger partial charge on any atom is -0.497 e. The van der Waals surface area contributed by atoms with Gasteiger partial charge in [-0.3, -0.25) is 0 Å². The van der Waals surface area contributed by atoms with Gasteiger partial charge < -0.3 is 14.6 Å². The molecule has 1 unspecified atom stereocenters. The first-order chi connectivity index (χ1) is 8.94. The summed E-state index contributed by atoms with van der Waals surface area (Å²) in [6.45, 7) is 4.23. The van der Waals surface area contributed by atoms with Gasteiger partial charge in [0, 0.05) is 11.3 Å². The van der Waals surface area contributed by atoms with Gasteiger partial charge in [0.1, 0.15) is 17.1 Å². The molecule has 0 aromatic heterocycles. The topological polar surface area (TPSA) is 38.7 Å². The summed E-state index contributed by atoms with van der Waals surface area (Å²) >= 11 is 1.79. The Morgan fingerprint density at radius 2 is 1.95 bits per heavy atom. The summed E-state index contributed by atoms with van der Waals surface area (Å²) in [5, 5.41) is 11.2. The minimum atomic E-state index is -0.893. The molecule has 1 fully saturated rings. The molecule has 0 spiro atoms. The van der Waals surface area contributed by atoms with E-state index in [2.05, 4.69) is 13.8 Å². The molecule has 106 valence electrons. The monoisotopic (exact) mass is 282 g/mol. The first-order valence-corrected chi connectivity index (χ1v) is 7.63. The second kappa shape index (κ2) is 5.25. The van der Waals surface area contributed by atoms with Crippen LogP contribution in [0.4, 0.5) is 0 Å². The van der Waals surface area contributed by atoms with Crippen LogP contribution in [-0.2, 0) is 5.60 Å². The largest absolute Gasteiger partial charge is 0.497 e. The highest BCUT2D eigenvalue weighted by Crippen LogP contribution is 2.51. The van der Waals surface area contributed by atoms with Gasteiger partial charge >= 0.3 is 0 Å². The Balaban J connectivity index is 2.54. The number of thioether (sulfide) groups is 1. The van der Waals surface area contributed by atoms with E-state index in [0.717, 1.165) is 29.2 Å². The van der Waals surface area contributed by atoms with Crippen LogP contribution >= 0.6 is 11.8 Å². The van der Waals surface area contributed by atoms with Gasteiger partial charge in [0.05, 0.1) is 14.2 Å². The summed E-state index contributed by atoms with van der Waals surface area (Å²) in [6.07, 6.45) is 0.981. The van der Waals surface area contributed by atoms with Gasteiger partial charge in [-0.05, 0) is 35.8 Å².